The molecule has 24 heavy (non-hydrogen) atoms. The summed E-state index contributed by atoms with van der Waals surface area (Å²) in [5.74, 6) is 0.846. The Morgan fingerprint density at radius 3 is 2.88 bits per heavy atom. The quantitative estimate of drug-likeness (QED) is 0.883. The lowest BCUT2D eigenvalue weighted by molar-refractivity contribution is 0.348. The molecule has 0 bridgehead atoms. The van der Waals surface area contributed by atoms with Gasteiger partial charge < -0.3 is 4.90 Å². The Balaban J connectivity index is 1.60. The first-order chi connectivity index (χ1) is 11.4. The molecule has 8 heteroatoms. The molecule has 1 N–H and O–H groups in total. The smallest absolute Gasteiger partial charge is 0.211 e. The normalized spacial score (nSPS) is 25.3. The Bertz CT molecular complexity index is 810. The molecular formula is C16H23N5O2S. The number of aromatic nitrogens is 2. The van der Waals surface area contributed by atoms with Crippen molar-refractivity contribution in [1.82, 2.24) is 19.4 Å². The van der Waals surface area contributed by atoms with E-state index in [1.165, 1.54) is 29.0 Å². The molecule has 0 aromatic carbocycles. The number of aromatic amines is 1. The molecule has 7 nitrogen and oxygen atoms in total. The van der Waals surface area contributed by atoms with Gasteiger partial charge in [-0.15, -0.1) is 0 Å². The zero-order chi connectivity index (χ0) is 16.9. The van der Waals surface area contributed by atoms with Crippen molar-refractivity contribution in [2.75, 3.05) is 31.3 Å². The minimum absolute atomic E-state index is 0.382. The number of hydrogen-bond acceptors (Lipinski definition) is 5. The highest BCUT2D eigenvalue weighted by atomic mass is 32.2. The van der Waals surface area contributed by atoms with Gasteiger partial charge in [-0.25, -0.2) is 8.42 Å². The summed E-state index contributed by atoms with van der Waals surface area (Å²) >= 11 is 0. The first-order valence-corrected chi connectivity index (χ1v) is 10.1. The number of rotatable bonds is 3. The van der Waals surface area contributed by atoms with E-state index in [2.05, 4.69) is 45.4 Å². The third kappa shape index (κ3) is 2.68. The van der Waals surface area contributed by atoms with Gasteiger partial charge in [0, 0.05) is 30.9 Å². The van der Waals surface area contributed by atoms with E-state index in [1.54, 1.807) is 0 Å². The molecule has 3 aliphatic rings. The predicted molar refractivity (Wildman–Crippen MR) is 92.9 cm³/mol. The molecule has 0 aliphatic carbocycles. The van der Waals surface area contributed by atoms with Crippen molar-refractivity contribution in [3.05, 3.63) is 35.2 Å². The molecular weight excluding hydrogens is 326 g/mol. The average molecular weight is 349 g/mol. The van der Waals surface area contributed by atoms with E-state index in [1.807, 2.05) is 0 Å². The minimum Gasteiger partial charge on any atom is -0.327 e. The Labute approximate surface area is 142 Å². The summed E-state index contributed by atoms with van der Waals surface area (Å²) in [6, 6.07) is 0.462. The van der Waals surface area contributed by atoms with E-state index in [4.69, 9.17) is 0 Å². The van der Waals surface area contributed by atoms with Crippen LogP contribution in [0.4, 0.5) is 5.82 Å². The van der Waals surface area contributed by atoms with Crippen LogP contribution in [-0.4, -0.2) is 60.3 Å². The predicted octanol–water partition coefficient (Wildman–Crippen LogP) is 1.04. The van der Waals surface area contributed by atoms with Crippen molar-refractivity contribution in [3.8, 4) is 0 Å². The van der Waals surface area contributed by atoms with Crippen LogP contribution in [0.25, 0.3) is 0 Å². The van der Waals surface area contributed by atoms with E-state index in [0.29, 0.717) is 19.1 Å². The van der Waals surface area contributed by atoms with Gasteiger partial charge in [0.25, 0.3) is 0 Å². The Morgan fingerprint density at radius 1 is 1.33 bits per heavy atom. The van der Waals surface area contributed by atoms with E-state index in [0.717, 1.165) is 30.2 Å². The fourth-order valence-electron chi connectivity index (χ4n) is 3.82. The van der Waals surface area contributed by atoms with E-state index in [9.17, 15) is 8.42 Å². The summed E-state index contributed by atoms with van der Waals surface area (Å²) in [6.07, 6.45) is 10.2. The second-order valence-corrected chi connectivity index (χ2v) is 8.84. The lowest BCUT2D eigenvalue weighted by Gasteiger charge is -2.27. The van der Waals surface area contributed by atoms with Crippen LogP contribution >= 0.6 is 0 Å². The number of sulfonamides is 1. The van der Waals surface area contributed by atoms with Crippen LogP contribution in [0.2, 0.25) is 0 Å². The molecule has 1 aromatic heterocycles. The Kier molecular flexibility index (Phi) is 3.78. The number of likely N-dealkylation sites (N-methyl/N-ethyl adjacent to an activating group) is 1. The lowest BCUT2D eigenvalue weighted by Crippen LogP contribution is -2.30. The minimum atomic E-state index is -3.19. The molecule has 1 aromatic rings. The second kappa shape index (κ2) is 5.72. The number of hydrogen-bond donors (Lipinski definition) is 1. The van der Waals surface area contributed by atoms with Gasteiger partial charge in [-0.2, -0.15) is 9.40 Å². The van der Waals surface area contributed by atoms with Crippen LogP contribution in [0.3, 0.4) is 0 Å². The first-order valence-electron chi connectivity index (χ1n) is 8.30. The first kappa shape index (κ1) is 15.9. The van der Waals surface area contributed by atoms with Gasteiger partial charge in [0.2, 0.25) is 10.0 Å². The van der Waals surface area contributed by atoms with Gasteiger partial charge in [0.1, 0.15) is 0 Å². The molecule has 1 unspecified atom stereocenters. The second-order valence-electron chi connectivity index (χ2n) is 6.86. The number of anilines is 1. The van der Waals surface area contributed by atoms with Gasteiger partial charge in [0.05, 0.1) is 18.5 Å². The van der Waals surface area contributed by atoms with Crippen molar-refractivity contribution in [2.45, 2.75) is 32.0 Å². The van der Waals surface area contributed by atoms with Crippen molar-refractivity contribution in [3.63, 3.8) is 0 Å². The number of nitrogens with one attached hydrogen (secondary N) is 1. The number of likely N-dealkylation sites (tertiary alicyclic amines) is 1. The summed E-state index contributed by atoms with van der Waals surface area (Å²) in [4.78, 5) is 4.52. The fraction of sp³-hybridized carbons (Fsp3) is 0.562. The summed E-state index contributed by atoms with van der Waals surface area (Å²) in [5, 5.41) is 7.46. The lowest BCUT2D eigenvalue weighted by atomic mass is 10.0. The zero-order valence-electron chi connectivity index (χ0n) is 14.1. The van der Waals surface area contributed by atoms with Gasteiger partial charge in [0.15, 0.2) is 5.82 Å². The third-order valence-corrected chi connectivity index (χ3v) is 6.36. The van der Waals surface area contributed by atoms with Gasteiger partial charge >= 0.3 is 0 Å². The summed E-state index contributed by atoms with van der Waals surface area (Å²) < 4.78 is 25.1. The van der Waals surface area contributed by atoms with Gasteiger partial charge in [-0.05, 0) is 32.0 Å². The van der Waals surface area contributed by atoms with Crippen LogP contribution in [0.1, 0.15) is 24.1 Å². The highest BCUT2D eigenvalue weighted by Gasteiger charge is 2.32. The maximum Gasteiger partial charge on any atom is 0.211 e. The molecule has 0 amide bonds. The molecule has 0 spiro atoms. The van der Waals surface area contributed by atoms with Crippen LogP contribution in [-0.2, 0) is 23.1 Å². The van der Waals surface area contributed by atoms with Crippen LogP contribution < -0.4 is 4.90 Å². The van der Waals surface area contributed by atoms with Crippen LogP contribution in [0.5, 0.6) is 0 Å². The number of nitrogens with zero attached hydrogens (tertiary/aromatic N) is 4. The Morgan fingerprint density at radius 2 is 2.17 bits per heavy atom. The highest BCUT2D eigenvalue weighted by molar-refractivity contribution is 7.88. The van der Waals surface area contributed by atoms with Crippen LogP contribution in [0, 0.1) is 0 Å². The van der Waals surface area contributed by atoms with Gasteiger partial charge in [-0.3, -0.25) is 10.00 Å². The van der Waals surface area contributed by atoms with Crippen molar-refractivity contribution in [2.24, 2.45) is 0 Å². The molecule has 0 radical (unpaired) electrons. The van der Waals surface area contributed by atoms with Crippen molar-refractivity contribution < 1.29 is 8.42 Å². The summed E-state index contributed by atoms with van der Waals surface area (Å²) in [6.45, 7) is 2.67. The van der Waals surface area contributed by atoms with Crippen molar-refractivity contribution >= 4 is 15.8 Å². The standard InChI is InChI=1S/C16H23N5O2S/c1-19-7-4-6-15(19)12-5-3-8-20(9-12)16-13-10-21(24(2,22)23)11-14(13)17-18-16/h3,5,9,15H,4,6-8,10-11H2,1-2H3,(H,17,18). The molecule has 1 saturated heterocycles. The molecule has 130 valence electrons. The van der Waals surface area contributed by atoms with Gasteiger partial charge in [-0.1, -0.05) is 12.2 Å². The maximum atomic E-state index is 11.8. The molecule has 1 fully saturated rings. The molecule has 4 rings (SSSR count). The highest BCUT2D eigenvalue weighted by Crippen LogP contribution is 2.33. The molecule has 4 heterocycles. The number of fused-ring (bicyclic) bond motifs is 1. The topological polar surface area (TPSA) is 72.5 Å². The monoisotopic (exact) mass is 349 g/mol. The zero-order valence-corrected chi connectivity index (χ0v) is 14.9. The van der Waals surface area contributed by atoms with Crippen LogP contribution in [0.15, 0.2) is 23.9 Å². The third-order valence-electron chi connectivity index (χ3n) is 5.16. The van der Waals surface area contributed by atoms with E-state index < -0.39 is 10.0 Å². The summed E-state index contributed by atoms with van der Waals surface area (Å²) in [5.41, 5.74) is 3.19. The van der Waals surface area contributed by atoms with Crippen molar-refractivity contribution in [1.29, 1.82) is 0 Å². The number of H-pyrrole nitrogens is 1. The van der Waals surface area contributed by atoms with E-state index >= 15 is 0 Å². The summed E-state index contributed by atoms with van der Waals surface area (Å²) in [7, 11) is -1.02. The molecule has 3 aliphatic heterocycles. The van der Waals surface area contributed by atoms with E-state index in [-0.39, 0.29) is 0 Å². The average Bonchev–Trinajstić information content (AvgIpc) is 3.20. The SMILES string of the molecule is CN1CCCC1C1=CN(c2n[nH]c3c2CN(S(C)(=O)=O)C3)CC=C1. The molecule has 1 atom stereocenters. The maximum absolute atomic E-state index is 11.8. The fourth-order valence-corrected chi connectivity index (χ4v) is 4.55. The largest absolute Gasteiger partial charge is 0.327 e. The Hall–Kier alpha value is -1.64. The molecule has 0 saturated carbocycles.